The average Bonchev–Trinajstić information content (AvgIpc) is 2.75. The van der Waals surface area contributed by atoms with Gasteiger partial charge in [-0.15, -0.1) is 0 Å². The number of benzene rings is 1. The molecule has 2 rings (SSSR count). The lowest BCUT2D eigenvalue weighted by Gasteiger charge is -2.15. The van der Waals surface area contributed by atoms with Crippen molar-refractivity contribution in [3.63, 3.8) is 0 Å². The highest BCUT2D eigenvalue weighted by molar-refractivity contribution is 5.73. The summed E-state index contributed by atoms with van der Waals surface area (Å²) in [5.41, 5.74) is -4.72. The summed E-state index contributed by atoms with van der Waals surface area (Å²) in [5.74, 6) is -0.874. The third-order valence-corrected chi connectivity index (χ3v) is 3.81. The smallest absolute Gasteiger partial charge is 0.416 e. The van der Waals surface area contributed by atoms with Gasteiger partial charge in [0.1, 0.15) is 0 Å². The Morgan fingerprint density at radius 2 is 1.21 bits per heavy atom. The Bertz CT molecular complexity index is 903. The van der Waals surface area contributed by atoms with Gasteiger partial charge in [-0.3, -0.25) is 4.79 Å². The Morgan fingerprint density at radius 1 is 0.714 bits per heavy atom. The van der Waals surface area contributed by atoms with Gasteiger partial charge >= 0.3 is 12.4 Å². The van der Waals surface area contributed by atoms with E-state index in [1.165, 1.54) is 13.2 Å². The SMILES string of the molecule is COc1ccc(-c2cc(C(F)(F)F)cc(C(F)(F)F)c2)c(OC)c(=O)c1OC. The summed E-state index contributed by atoms with van der Waals surface area (Å²) in [6.45, 7) is 0. The zero-order valence-electron chi connectivity index (χ0n) is 14.8. The maximum Gasteiger partial charge on any atom is 0.416 e. The summed E-state index contributed by atoms with van der Waals surface area (Å²) in [6, 6.07) is 3.32. The van der Waals surface area contributed by atoms with E-state index >= 15 is 0 Å². The van der Waals surface area contributed by atoms with Gasteiger partial charge in [0.15, 0.2) is 11.5 Å². The van der Waals surface area contributed by atoms with Crippen LogP contribution in [-0.4, -0.2) is 21.3 Å². The Balaban J connectivity index is 2.93. The van der Waals surface area contributed by atoms with Crippen LogP contribution in [0.15, 0.2) is 35.1 Å². The number of methoxy groups -OCH3 is 3. The third kappa shape index (κ3) is 4.15. The van der Waals surface area contributed by atoms with E-state index in [0.717, 1.165) is 20.3 Å². The van der Waals surface area contributed by atoms with Crippen LogP contribution in [0.4, 0.5) is 26.3 Å². The predicted octanol–water partition coefficient (Wildman–Crippen LogP) is 4.78. The second-order valence-corrected chi connectivity index (χ2v) is 5.51. The first-order chi connectivity index (χ1) is 12.9. The number of ether oxygens (including phenoxy) is 3. The maximum absolute atomic E-state index is 13.1. The average molecular weight is 408 g/mol. The van der Waals surface area contributed by atoms with E-state index in [2.05, 4.69) is 0 Å². The second kappa shape index (κ2) is 7.61. The van der Waals surface area contributed by atoms with Crippen LogP contribution < -0.4 is 19.6 Å². The Hall–Kier alpha value is -2.91. The largest absolute Gasteiger partial charge is 0.493 e. The number of hydrogen-bond acceptors (Lipinski definition) is 4. The molecule has 0 aromatic heterocycles. The first-order valence-electron chi connectivity index (χ1n) is 7.57. The summed E-state index contributed by atoms with van der Waals surface area (Å²) >= 11 is 0. The van der Waals surface area contributed by atoms with E-state index in [4.69, 9.17) is 14.2 Å². The van der Waals surface area contributed by atoms with Gasteiger partial charge in [0.05, 0.1) is 32.5 Å². The van der Waals surface area contributed by atoms with Crippen molar-refractivity contribution in [1.82, 2.24) is 0 Å². The van der Waals surface area contributed by atoms with Crippen LogP contribution >= 0.6 is 0 Å². The van der Waals surface area contributed by atoms with Crippen molar-refractivity contribution in [2.75, 3.05) is 21.3 Å². The molecule has 28 heavy (non-hydrogen) atoms. The molecule has 4 nitrogen and oxygen atoms in total. The molecule has 0 aliphatic rings. The van der Waals surface area contributed by atoms with Gasteiger partial charge < -0.3 is 14.2 Å². The number of hydrogen-bond donors (Lipinski definition) is 0. The van der Waals surface area contributed by atoms with Gasteiger partial charge in [-0.2, -0.15) is 26.3 Å². The normalized spacial score (nSPS) is 11.9. The van der Waals surface area contributed by atoms with E-state index in [1.807, 2.05) is 0 Å². The zero-order valence-corrected chi connectivity index (χ0v) is 14.8. The lowest BCUT2D eigenvalue weighted by Crippen LogP contribution is -2.12. The Kier molecular flexibility index (Phi) is 5.81. The molecule has 0 atom stereocenters. The van der Waals surface area contributed by atoms with E-state index in [0.29, 0.717) is 12.1 Å². The fraction of sp³-hybridized carbons (Fsp3) is 0.278. The Morgan fingerprint density at radius 3 is 1.61 bits per heavy atom. The van der Waals surface area contributed by atoms with Gasteiger partial charge in [-0.25, -0.2) is 0 Å². The zero-order chi connectivity index (χ0) is 21.3. The summed E-state index contributed by atoms with van der Waals surface area (Å²) in [6.07, 6.45) is -10.1. The molecule has 0 aliphatic carbocycles. The molecular formula is C18H14F6O4. The Labute approximate surface area is 155 Å². The van der Waals surface area contributed by atoms with E-state index in [1.54, 1.807) is 0 Å². The fourth-order valence-electron chi connectivity index (χ4n) is 2.54. The molecule has 0 heterocycles. The minimum Gasteiger partial charge on any atom is -0.493 e. The third-order valence-electron chi connectivity index (χ3n) is 3.81. The van der Waals surface area contributed by atoms with Crippen LogP contribution in [0.2, 0.25) is 0 Å². The van der Waals surface area contributed by atoms with Crippen LogP contribution in [0, 0.1) is 0 Å². The quantitative estimate of drug-likeness (QED) is 0.684. The molecule has 0 saturated heterocycles. The van der Waals surface area contributed by atoms with Crippen molar-refractivity contribution in [1.29, 1.82) is 0 Å². The molecule has 2 aromatic carbocycles. The summed E-state index contributed by atoms with van der Waals surface area (Å²) in [7, 11) is 3.43. The lowest BCUT2D eigenvalue weighted by molar-refractivity contribution is -0.143. The highest BCUT2D eigenvalue weighted by Crippen LogP contribution is 2.40. The van der Waals surface area contributed by atoms with Crippen LogP contribution in [0.25, 0.3) is 11.1 Å². The molecule has 0 fully saturated rings. The molecule has 0 amide bonds. The molecule has 0 unspecified atom stereocenters. The molecule has 0 radical (unpaired) electrons. The molecule has 0 spiro atoms. The van der Waals surface area contributed by atoms with Crippen LogP contribution in [0.5, 0.6) is 17.2 Å². The highest BCUT2D eigenvalue weighted by Gasteiger charge is 2.37. The molecule has 0 bridgehead atoms. The first-order valence-corrected chi connectivity index (χ1v) is 7.57. The molecule has 10 heteroatoms. The van der Waals surface area contributed by atoms with Gasteiger partial charge in [0, 0.05) is 5.56 Å². The minimum atomic E-state index is -5.03. The molecule has 0 N–H and O–H groups in total. The first kappa shape index (κ1) is 21.4. The fourth-order valence-corrected chi connectivity index (χ4v) is 2.54. The molecule has 0 saturated carbocycles. The molecule has 152 valence electrons. The van der Waals surface area contributed by atoms with Crippen LogP contribution in [0.1, 0.15) is 11.1 Å². The van der Waals surface area contributed by atoms with E-state index < -0.39 is 40.2 Å². The van der Waals surface area contributed by atoms with Crippen LogP contribution in [-0.2, 0) is 12.4 Å². The maximum atomic E-state index is 13.1. The van der Waals surface area contributed by atoms with E-state index in [-0.39, 0.29) is 23.1 Å². The predicted molar refractivity (Wildman–Crippen MR) is 87.8 cm³/mol. The topological polar surface area (TPSA) is 44.8 Å². The number of halogens is 6. The van der Waals surface area contributed by atoms with Gasteiger partial charge in [0.2, 0.25) is 5.75 Å². The molecule has 0 aliphatic heterocycles. The van der Waals surface area contributed by atoms with Gasteiger partial charge in [-0.1, -0.05) is 0 Å². The van der Waals surface area contributed by atoms with Crippen molar-refractivity contribution in [3.05, 3.63) is 51.7 Å². The van der Waals surface area contributed by atoms with Crippen molar-refractivity contribution < 1.29 is 40.6 Å². The lowest BCUT2D eigenvalue weighted by atomic mass is 9.99. The minimum absolute atomic E-state index is 0.00180. The summed E-state index contributed by atoms with van der Waals surface area (Å²) in [5, 5.41) is 0. The summed E-state index contributed by atoms with van der Waals surface area (Å²) in [4.78, 5) is 12.6. The van der Waals surface area contributed by atoms with Gasteiger partial charge in [0.25, 0.3) is 5.43 Å². The summed E-state index contributed by atoms with van der Waals surface area (Å²) < 4.78 is 93.6. The molecular weight excluding hydrogens is 394 g/mol. The number of alkyl halides is 6. The van der Waals surface area contributed by atoms with Crippen LogP contribution in [0.3, 0.4) is 0 Å². The van der Waals surface area contributed by atoms with Crippen molar-refractivity contribution in [2.45, 2.75) is 12.4 Å². The second-order valence-electron chi connectivity index (χ2n) is 5.51. The van der Waals surface area contributed by atoms with Crippen molar-refractivity contribution in [3.8, 4) is 28.4 Å². The molecule has 2 aromatic rings. The van der Waals surface area contributed by atoms with E-state index in [9.17, 15) is 31.1 Å². The monoisotopic (exact) mass is 408 g/mol. The van der Waals surface area contributed by atoms with Crippen molar-refractivity contribution in [2.24, 2.45) is 0 Å². The van der Waals surface area contributed by atoms with Gasteiger partial charge in [-0.05, 0) is 35.9 Å². The number of rotatable bonds is 4. The standard InChI is InChI=1S/C18H14F6O4/c1-26-13-5-4-12(15(27-2)14(25)16(13)28-3)9-6-10(17(19,20)21)8-11(7-9)18(22,23)24/h4-8H,1-3H3. The highest BCUT2D eigenvalue weighted by atomic mass is 19.4. The van der Waals surface area contributed by atoms with Crippen molar-refractivity contribution >= 4 is 0 Å².